The fourth-order valence-electron chi connectivity index (χ4n) is 1.73. The topological polar surface area (TPSA) is 41.1 Å². The van der Waals surface area contributed by atoms with Gasteiger partial charge in [0, 0.05) is 29.4 Å². The van der Waals surface area contributed by atoms with E-state index in [0.717, 1.165) is 28.1 Å². The molecule has 0 aliphatic heterocycles. The maximum Gasteiger partial charge on any atom is 0.221 e. The number of carbonyl (C=O) groups excluding carboxylic acids is 1. The summed E-state index contributed by atoms with van der Waals surface area (Å²) in [6.45, 7) is 3.06. The summed E-state index contributed by atoms with van der Waals surface area (Å²) in [6.07, 6.45) is 0. The highest BCUT2D eigenvalue weighted by atomic mass is 79.9. The maximum absolute atomic E-state index is 11.1. The summed E-state index contributed by atoms with van der Waals surface area (Å²) in [7, 11) is 0. The van der Waals surface area contributed by atoms with E-state index < -0.39 is 0 Å². The molecule has 100 valence electrons. The van der Waals surface area contributed by atoms with Crippen LogP contribution in [0.5, 0.6) is 0 Å². The van der Waals surface area contributed by atoms with Crippen molar-refractivity contribution in [2.75, 3.05) is 5.32 Å². The first-order chi connectivity index (χ1) is 9.16. The van der Waals surface area contributed by atoms with Gasteiger partial charge in [-0.25, -0.2) is 0 Å². The number of thiophene rings is 1. The first-order valence-electron chi connectivity index (χ1n) is 5.95. The van der Waals surface area contributed by atoms with Gasteiger partial charge >= 0.3 is 0 Å². The predicted molar refractivity (Wildman–Crippen MR) is 83.3 cm³/mol. The smallest absolute Gasteiger partial charge is 0.221 e. The summed E-state index contributed by atoms with van der Waals surface area (Å²) < 4.78 is 1.11. The van der Waals surface area contributed by atoms with Crippen LogP contribution in [-0.4, -0.2) is 5.91 Å². The summed E-state index contributed by atoms with van der Waals surface area (Å²) >= 11 is 5.17. The SMILES string of the molecule is CC(=O)Nc1ccsc1CNCc1ccccc1Br. The monoisotopic (exact) mass is 338 g/mol. The Morgan fingerprint density at radius 2 is 2.05 bits per heavy atom. The van der Waals surface area contributed by atoms with E-state index in [2.05, 4.69) is 32.6 Å². The molecule has 1 aromatic heterocycles. The highest BCUT2D eigenvalue weighted by Crippen LogP contribution is 2.22. The van der Waals surface area contributed by atoms with Gasteiger partial charge in [0.1, 0.15) is 0 Å². The molecule has 2 N–H and O–H groups in total. The molecular formula is C14H15BrN2OS. The van der Waals surface area contributed by atoms with Gasteiger partial charge < -0.3 is 10.6 Å². The Kier molecular flexibility index (Phi) is 5.13. The standard InChI is InChI=1S/C14H15BrN2OS/c1-10(18)17-13-6-7-19-14(13)9-16-8-11-4-2-3-5-12(11)15/h2-7,16H,8-9H2,1H3,(H,17,18). The minimum absolute atomic E-state index is 0.0366. The highest BCUT2D eigenvalue weighted by molar-refractivity contribution is 9.10. The molecule has 0 saturated carbocycles. The second kappa shape index (κ2) is 6.84. The first-order valence-corrected chi connectivity index (χ1v) is 7.62. The van der Waals surface area contributed by atoms with Crippen molar-refractivity contribution in [3.63, 3.8) is 0 Å². The first kappa shape index (κ1) is 14.2. The van der Waals surface area contributed by atoms with E-state index in [1.54, 1.807) is 11.3 Å². The van der Waals surface area contributed by atoms with Gasteiger partial charge in [-0.15, -0.1) is 11.3 Å². The number of anilines is 1. The van der Waals surface area contributed by atoms with Gasteiger partial charge in [-0.05, 0) is 23.1 Å². The summed E-state index contributed by atoms with van der Waals surface area (Å²) in [5.41, 5.74) is 2.12. The normalized spacial score (nSPS) is 10.4. The number of hydrogen-bond acceptors (Lipinski definition) is 3. The summed E-state index contributed by atoms with van der Waals surface area (Å²) in [5, 5.41) is 8.21. The van der Waals surface area contributed by atoms with Crippen molar-refractivity contribution in [3.8, 4) is 0 Å². The van der Waals surface area contributed by atoms with Gasteiger partial charge in [-0.1, -0.05) is 34.1 Å². The number of rotatable bonds is 5. The zero-order chi connectivity index (χ0) is 13.7. The Morgan fingerprint density at radius 1 is 1.26 bits per heavy atom. The molecule has 1 amide bonds. The van der Waals surface area contributed by atoms with Crippen molar-refractivity contribution in [3.05, 3.63) is 50.6 Å². The molecule has 5 heteroatoms. The van der Waals surface area contributed by atoms with Crippen LogP contribution in [0.4, 0.5) is 5.69 Å². The van der Waals surface area contributed by atoms with Gasteiger partial charge in [0.05, 0.1) is 5.69 Å². The Morgan fingerprint density at radius 3 is 2.79 bits per heavy atom. The lowest BCUT2D eigenvalue weighted by Crippen LogP contribution is -2.14. The molecule has 0 saturated heterocycles. The number of nitrogens with one attached hydrogen (secondary N) is 2. The van der Waals surface area contributed by atoms with Crippen molar-refractivity contribution in [1.82, 2.24) is 5.32 Å². The Balaban J connectivity index is 1.91. The van der Waals surface area contributed by atoms with Gasteiger partial charge in [-0.3, -0.25) is 4.79 Å². The molecule has 0 aliphatic rings. The fraction of sp³-hybridized carbons (Fsp3) is 0.214. The van der Waals surface area contributed by atoms with Crippen molar-refractivity contribution >= 4 is 38.9 Å². The molecule has 2 rings (SSSR count). The molecule has 1 aromatic carbocycles. The Bertz CT molecular complexity index is 568. The van der Waals surface area contributed by atoms with Crippen LogP contribution in [0, 0.1) is 0 Å². The van der Waals surface area contributed by atoms with Crippen LogP contribution in [0.1, 0.15) is 17.4 Å². The molecule has 0 atom stereocenters. The van der Waals surface area contributed by atoms with E-state index in [9.17, 15) is 4.79 Å². The third-order valence-electron chi connectivity index (χ3n) is 2.61. The van der Waals surface area contributed by atoms with Crippen LogP contribution in [-0.2, 0) is 17.9 Å². The van der Waals surface area contributed by atoms with Gasteiger partial charge in [-0.2, -0.15) is 0 Å². The van der Waals surface area contributed by atoms with E-state index in [-0.39, 0.29) is 5.91 Å². The van der Waals surface area contributed by atoms with Crippen LogP contribution in [0.3, 0.4) is 0 Å². The average molecular weight is 339 g/mol. The van der Waals surface area contributed by atoms with E-state index in [1.807, 2.05) is 29.6 Å². The van der Waals surface area contributed by atoms with Gasteiger partial charge in [0.15, 0.2) is 0 Å². The average Bonchev–Trinajstić information content (AvgIpc) is 2.78. The minimum atomic E-state index is -0.0366. The van der Waals surface area contributed by atoms with Crippen molar-refractivity contribution < 1.29 is 4.79 Å². The molecule has 19 heavy (non-hydrogen) atoms. The molecule has 1 heterocycles. The van der Waals surface area contributed by atoms with E-state index in [1.165, 1.54) is 12.5 Å². The number of carbonyl (C=O) groups is 1. The maximum atomic E-state index is 11.1. The molecule has 0 bridgehead atoms. The highest BCUT2D eigenvalue weighted by Gasteiger charge is 2.05. The number of benzene rings is 1. The Labute approximate surface area is 125 Å². The van der Waals surface area contributed by atoms with Gasteiger partial charge in [0.2, 0.25) is 5.91 Å². The van der Waals surface area contributed by atoms with Crippen molar-refractivity contribution in [2.24, 2.45) is 0 Å². The quantitative estimate of drug-likeness (QED) is 0.871. The van der Waals surface area contributed by atoms with Crippen LogP contribution in [0.2, 0.25) is 0 Å². The molecule has 0 spiro atoms. The molecular weight excluding hydrogens is 324 g/mol. The lowest BCUT2D eigenvalue weighted by Gasteiger charge is -2.08. The summed E-state index contributed by atoms with van der Waals surface area (Å²) in [6, 6.07) is 10.1. The summed E-state index contributed by atoms with van der Waals surface area (Å²) in [5.74, 6) is -0.0366. The van der Waals surface area contributed by atoms with Crippen LogP contribution in [0.25, 0.3) is 0 Å². The minimum Gasteiger partial charge on any atom is -0.325 e. The Hall–Kier alpha value is -1.17. The zero-order valence-corrected chi connectivity index (χ0v) is 13.0. The van der Waals surface area contributed by atoms with Gasteiger partial charge in [0.25, 0.3) is 0 Å². The van der Waals surface area contributed by atoms with Crippen LogP contribution < -0.4 is 10.6 Å². The second-order valence-electron chi connectivity index (χ2n) is 4.13. The molecule has 2 aromatic rings. The number of amides is 1. The lowest BCUT2D eigenvalue weighted by atomic mass is 10.2. The van der Waals surface area contributed by atoms with Crippen molar-refractivity contribution in [2.45, 2.75) is 20.0 Å². The molecule has 0 fully saturated rings. The molecule has 0 radical (unpaired) electrons. The zero-order valence-electron chi connectivity index (χ0n) is 10.6. The van der Waals surface area contributed by atoms with Crippen molar-refractivity contribution in [1.29, 1.82) is 0 Å². The fourth-order valence-corrected chi connectivity index (χ4v) is 2.96. The van der Waals surface area contributed by atoms with E-state index in [4.69, 9.17) is 0 Å². The largest absolute Gasteiger partial charge is 0.325 e. The van der Waals surface area contributed by atoms with E-state index >= 15 is 0 Å². The molecule has 0 unspecified atom stereocenters. The number of halogens is 1. The predicted octanol–water partition coefficient (Wildman–Crippen LogP) is 3.76. The molecule has 3 nitrogen and oxygen atoms in total. The van der Waals surface area contributed by atoms with Crippen LogP contribution in [0.15, 0.2) is 40.2 Å². The lowest BCUT2D eigenvalue weighted by molar-refractivity contribution is -0.114. The summed E-state index contributed by atoms with van der Waals surface area (Å²) in [4.78, 5) is 12.2. The number of hydrogen-bond donors (Lipinski definition) is 2. The second-order valence-corrected chi connectivity index (χ2v) is 5.99. The van der Waals surface area contributed by atoms with E-state index in [0.29, 0.717) is 0 Å². The third-order valence-corrected chi connectivity index (χ3v) is 4.31. The van der Waals surface area contributed by atoms with Crippen LogP contribution >= 0.6 is 27.3 Å². The third kappa shape index (κ3) is 4.16. The molecule has 0 aliphatic carbocycles.